The molecule has 0 radical (unpaired) electrons. The molecule has 0 spiro atoms. The summed E-state index contributed by atoms with van der Waals surface area (Å²) in [4.78, 5) is 14.1. The minimum absolute atomic E-state index is 0. The van der Waals surface area contributed by atoms with Crippen LogP contribution in [0.1, 0.15) is 19.3 Å². The maximum Gasteiger partial charge on any atom is 0.257 e. The van der Waals surface area contributed by atoms with E-state index in [1.165, 1.54) is 19.3 Å². The highest BCUT2D eigenvalue weighted by Crippen LogP contribution is 2.27. The van der Waals surface area contributed by atoms with Crippen molar-refractivity contribution >= 4 is 41.5 Å². The molecule has 0 saturated carbocycles. The molecule has 1 fully saturated rings. The first-order valence-corrected chi connectivity index (χ1v) is 7.97. The summed E-state index contributed by atoms with van der Waals surface area (Å²) in [7, 11) is 0. The molecule has 1 aliphatic heterocycles. The lowest BCUT2D eigenvalue weighted by Crippen LogP contribution is -2.39. The first-order chi connectivity index (χ1) is 10.1. The maximum atomic E-state index is 11.7. The monoisotopic (exact) mass is 366 g/mol. The first-order valence-electron chi connectivity index (χ1n) is 7.22. The fraction of sp³-hybridized carbons (Fsp3) is 0.533. The van der Waals surface area contributed by atoms with Gasteiger partial charge in [-0.25, -0.2) is 0 Å². The van der Waals surface area contributed by atoms with Gasteiger partial charge in [0.15, 0.2) is 6.61 Å². The lowest BCUT2D eigenvalue weighted by Gasteiger charge is -2.26. The van der Waals surface area contributed by atoms with Gasteiger partial charge in [-0.05, 0) is 44.1 Å². The Morgan fingerprint density at radius 2 is 1.95 bits per heavy atom. The Morgan fingerprint density at radius 1 is 1.23 bits per heavy atom. The summed E-state index contributed by atoms with van der Waals surface area (Å²) in [6, 6.07) is 4.93. The number of carbonyl (C=O) groups is 1. The average Bonchev–Trinajstić information content (AvgIpc) is 2.47. The molecule has 1 N–H and O–H groups in total. The number of ether oxygens (including phenoxy) is 1. The predicted octanol–water partition coefficient (Wildman–Crippen LogP) is 3.40. The molecule has 1 saturated heterocycles. The van der Waals surface area contributed by atoms with E-state index in [-0.39, 0.29) is 24.9 Å². The highest BCUT2D eigenvalue weighted by Gasteiger charge is 2.10. The SMILES string of the molecule is Cl.O=C(COc1ccc(Cl)cc1Cl)NCCN1CCCCC1. The van der Waals surface area contributed by atoms with Crippen LogP contribution in [0, 0.1) is 0 Å². The van der Waals surface area contributed by atoms with Gasteiger partial charge >= 0.3 is 0 Å². The molecule has 4 nitrogen and oxygen atoms in total. The maximum absolute atomic E-state index is 11.7. The molecular weight excluding hydrogens is 347 g/mol. The van der Waals surface area contributed by atoms with E-state index in [0.29, 0.717) is 22.3 Å². The molecule has 1 amide bonds. The smallest absolute Gasteiger partial charge is 0.257 e. The van der Waals surface area contributed by atoms with Gasteiger partial charge in [-0.3, -0.25) is 4.79 Å². The fourth-order valence-electron chi connectivity index (χ4n) is 2.32. The van der Waals surface area contributed by atoms with E-state index in [1.807, 2.05) is 0 Å². The third-order valence-electron chi connectivity index (χ3n) is 3.45. The van der Waals surface area contributed by atoms with Gasteiger partial charge in [0, 0.05) is 18.1 Å². The van der Waals surface area contributed by atoms with E-state index in [1.54, 1.807) is 18.2 Å². The van der Waals surface area contributed by atoms with Gasteiger partial charge in [0.2, 0.25) is 0 Å². The summed E-state index contributed by atoms with van der Waals surface area (Å²) >= 11 is 11.8. The Hall–Kier alpha value is -0.680. The highest BCUT2D eigenvalue weighted by molar-refractivity contribution is 6.35. The van der Waals surface area contributed by atoms with E-state index >= 15 is 0 Å². The summed E-state index contributed by atoms with van der Waals surface area (Å²) < 4.78 is 5.38. The quantitative estimate of drug-likeness (QED) is 0.838. The van der Waals surface area contributed by atoms with E-state index in [2.05, 4.69) is 10.2 Å². The van der Waals surface area contributed by atoms with Gasteiger partial charge < -0.3 is 15.0 Å². The number of halogens is 3. The Morgan fingerprint density at radius 3 is 2.64 bits per heavy atom. The second-order valence-electron chi connectivity index (χ2n) is 5.12. The molecule has 0 aromatic heterocycles. The van der Waals surface area contributed by atoms with Gasteiger partial charge in [0.05, 0.1) is 5.02 Å². The van der Waals surface area contributed by atoms with Crippen molar-refractivity contribution in [2.75, 3.05) is 32.8 Å². The Labute approximate surface area is 147 Å². The van der Waals surface area contributed by atoms with Crippen molar-refractivity contribution < 1.29 is 9.53 Å². The van der Waals surface area contributed by atoms with Crippen molar-refractivity contribution in [1.82, 2.24) is 10.2 Å². The van der Waals surface area contributed by atoms with Crippen molar-refractivity contribution in [2.45, 2.75) is 19.3 Å². The van der Waals surface area contributed by atoms with Gasteiger partial charge in [-0.15, -0.1) is 12.4 Å². The van der Waals surface area contributed by atoms with Crippen molar-refractivity contribution in [3.63, 3.8) is 0 Å². The van der Waals surface area contributed by atoms with Gasteiger partial charge in [-0.1, -0.05) is 29.6 Å². The standard InChI is InChI=1S/C15H20Cl2N2O2.ClH/c16-12-4-5-14(13(17)10-12)21-11-15(20)18-6-9-19-7-2-1-3-8-19;/h4-5,10H,1-3,6-9,11H2,(H,18,20);1H. The van der Waals surface area contributed by atoms with Crippen LogP contribution in [0.15, 0.2) is 18.2 Å². The number of rotatable bonds is 6. The van der Waals surface area contributed by atoms with Gasteiger partial charge in [0.25, 0.3) is 5.91 Å². The molecule has 2 rings (SSSR count). The molecule has 0 atom stereocenters. The van der Waals surface area contributed by atoms with Crippen LogP contribution in [0.25, 0.3) is 0 Å². The zero-order valence-electron chi connectivity index (χ0n) is 12.3. The molecule has 0 aliphatic carbocycles. The molecule has 1 aromatic carbocycles. The number of likely N-dealkylation sites (tertiary alicyclic amines) is 1. The largest absolute Gasteiger partial charge is 0.482 e. The third-order valence-corrected chi connectivity index (χ3v) is 3.98. The number of hydrogen-bond acceptors (Lipinski definition) is 3. The van der Waals surface area contributed by atoms with Crippen LogP contribution in [0.5, 0.6) is 5.75 Å². The van der Waals surface area contributed by atoms with Crippen LogP contribution < -0.4 is 10.1 Å². The number of piperidine rings is 1. The van der Waals surface area contributed by atoms with Crippen LogP contribution in [0.4, 0.5) is 0 Å². The highest BCUT2D eigenvalue weighted by atomic mass is 35.5. The third kappa shape index (κ3) is 6.61. The topological polar surface area (TPSA) is 41.6 Å². The van der Waals surface area contributed by atoms with Gasteiger partial charge in [0.1, 0.15) is 5.75 Å². The normalized spacial score (nSPS) is 15.0. The average molecular weight is 368 g/mol. The summed E-state index contributed by atoms with van der Waals surface area (Å²) in [5.41, 5.74) is 0. The summed E-state index contributed by atoms with van der Waals surface area (Å²) in [6.45, 7) is 3.77. The van der Waals surface area contributed by atoms with Crippen LogP contribution in [0.3, 0.4) is 0 Å². The lowest BCUT2D eigenvalue weighted by atomic mass is 10.1. The molecule has 7 heteroatoms. The van der Waals surface area contributed by atoms with Gasteiger partial charge in [-0.2, -0.15) is 0 Å². The van der Waals surface area contributed by atoms with Crippen molar-refractivity contribution in [2.24, 2.45) is 0 Å². The zero-order valence-corrected chi connectivity index (χ0v) is 14.6. The Balaban J connectivity index is 0.00000242. The van der Waals surface area contributed by atoms with Crippen LogP contribution in [-0.4, -0.2) is 43.6 Å². The molecule has 1 aliphatic rings. The number of hydrogen-bond donors (Lipinski definition) is 1. The Bertz CT molecular complexity index is 480. The Kier molecular flexibility index (Phi) is 8.95. The van der Waals surface area contributed by atoms with Crippen LogP contribution in [0.2, 0.25) is 10.0 Å². The minimum Gasteiger partial charge on any atom is -0.482 e. The molecule has 1 heterocycles. The second-order valence-corrected chi connectivity index (χ2v) is 5.96. The molecule has 22 heavy (non-hydrogen) atoms. The molecule has 124 valence electrons. The zero-order chi connectivity index (χ0) is 15.1. The van der Waals surface area contributed by atoms with Crippen molar-refractivity contribution in [3.8, 4) is 5.75 Å². The number of amides is 1. The van der Waals surface area contributed by atoms with E-state index in [0.717, 1.165) is 19.6 Å². The van der Waals surface area contributed by atoms with E-state index in [4.69, 9.17) is 27.9 Å². The number of nitrogens with zero attached hydrogens (tertiary/aromatic N) is 1. The number of nitrogens with one attached hydrogen (secondary N) is 1. The molecular formula is C15H21Cl3N2O2. The second kappa shape index (κ2) is 10.2. The molecule has 0 unspecified atom stereocenters. The van der Waals surface area contributed by atoms with Crippen LogP contribution >= 0.6 is 35.6 Å². The summed E-state index contributed by atoms with van der Waals surface area (Å²) in [5.74, 6) is 0.324. The molecule has 1 aromatic rings. The lowest BCUT2D eigenvalue weighted by molar-refractivity contribution is -0.123. The summed E-state index contributed by atoms with van der Waals surface area (Å²) in [6.07, 6.45) is 3.83. The first kappa shape index (κ1) is 19.4. The number of carbonyl (C=O) groups excluding carboxylic acids is 1. The van der Waals surface area contributed by atoms with E-state index < -0.39 is 0 Å². The molecule has 0 bridgehead atoms. The van der Waals surface area contributed by atoms with Crippen LogP contribution in [-0.2, 0) is 4.79 Å². The van der Waals surface area contributed by atoms with E-state index in [9.17, 15) is 4.79 Å². The van der Waals surface area contributed by atoms with Crippen molar-refractivity contribution in [3.05, 3.63) is 28.2 Å². The fourth-order valence-corrected chi connectivity index (χ4v) is 2.79. The summed E-state index contributed by atoms with van der Waals surface area (Å²) in [5, 5.41) is 3.80. The van der Waals surface area contributed by atoms with Crippen molar-refractivity contribution in [1.29, 1.82) is 0 Å². The number of benzene rings is 1. The predicted molar refractivity (Wildman–Crippen MR) is 92.5 cm³/mol. The minimum atomic E-state index is -0.141.